The highest BCUT2D eigenvalue weighted by molar-refractivity contribution is 9.10. The standard InChI is InChI=1S/C11H6BrClN4/c12-8-1-2-9(7(3-8)5-14)17-11-4-10(13)15-6-16-11/h1-4,6H,(H,15,16,17). The minimum absolute atomic E-state index is 0.345. The largest absolute Gasteiger partial charge is 0.339 e. The van der Waals surface area contributed by atoms with Crippen LogP contribution in [-0.4, -0.2) is 9.97 Å². The number of nitrogens with one attached hydrogen (secondary N) is 1. The molecular formula is C11H6BrClN4. The van der Waals surface area contributed by atoms with Gasteiger partial charge in [0.2, 0.25) is 0 Å². The van der Waals surface area contributed by atoms with E-state index < -0.39 is 0 Å². The fraction of sp³-hybridized carbons (Fsp3) is 0. The van der Waals surface area contributed by atoms with Crippen molar-refractivity contribution in [1.82, 2.24) is 9.97 Å². The molecule has 0 atom stereocenters. The van der Waals surface area contributed by atoms with Gasteiger partial charge in [-0.15, -0.1) is 0 Å². The third-order valence-corrected chi connectivity index (χ3v) is 2.70. The molecule has 0 aliphatic rings. The highest BCUT2D eigenvalue weighted by atomic mass is 79.9. The second kappa shape index (κ2) is 5.13. The molecule has 0 fully saturated rings. The molecule has 0 bridgehead atoms. The zero-order valence-electron chi connectivity index (χ0n) is 8.48. The average molecular weight is 310 g/mol. The number of hydrogen-bond acceptors (Lipinski definition) is 4. The van der Waals surface area contributed by atoms with Crippen molar-refractivity contribution in [3.05, 3.63) is 45.8 Å². The topological polar surface area (TPSA) is 61.6 Å². The zero-order chi connectivity index (χ0) is 12.3. The Kier molecular flexibility index (Phi) is 3.57. The lowest BCUT2D eigenvalue weighted by molar-refractivity contribution is 1.17. The van der Waals surface area contributed by atoms with E-state index in [0.29, 0.717) is 22.2 Å². The van der Waals surface area contributed by atoms with Gasteiger partial charge in [0.1, 0.15) is 23.4 Å². The number of anilines is 2. The number of rotatable bonds is 2. The third kappa shape index (κ3) is 2.93. The van der Waals surface area contributed by atoms with E-state index in [1.807, 2.05) is 6.07 Å². The molecule has 2 rings (SSSR count). The molecule has 0 aliphatic heterocycles. The normalized spacial score (nSPS) is 9.71. The van der Waals surface area contributed by atoms with Gasteiger partial charge in [-0.1, -0.05) is 27.5 Å². The van der Waals surface area contributed by atoms with Crippen LogP contribution in [0.5, 0.6) is 0 Å². The summed E-state index contributed by atoms with van der Waals surface area (Å²) >= 11 is 9.05. The average Bonchev–Trinajstić information content (AvgIpc) is 2.31. The Bertz CT molecular complexity index is 594. The van der Waals surface area contributed by atoms with Crippen molar-refractivity contribution in [2.24, 2.45) is 0 Å². The maximum Gasteiger partial charge on any atom is 0.135 e. The maximum atomic E-state index is 9.01. The minimum atomic E-state index is 0.345. The molecule has 1 aromatic heterocycles. The molecule has 17 heavy (non-hydrogen) atoms. The molecule has 1 N–H and O–H groups in total. The van der Waals surface area contributed by atoms with Crippen LogP contribution >= 0.6 is 27.5 Å². The van der Waals surface area contributed by atoms with Crippen LogP contribution in [0, 0.1) is 11.3 Å². The smallest absolute Gasteiger partial charge is 0.135 e. The van der Waals surface area contributed by atoms with Crippen molar-refractivity contribution < 1.29 is 0 Å². The molecule has 4 nitrogen and oxygen atoms in total. The molecule has 0 aliphatic carbocycles. The fourth-order valence-corrected chi connectivity index (χ4v) is 1.77. The Labute approximate surface area is 111 Å². The summed E-state index contributed by atoms with van der Waals surface area (Å²) in [6.07, 6.45) is 1.36. The summed E-state index contributed by atoms with van der Waals surface area (Å²) in [6, 6.07) is 9.05. The predicted octanol–water partition coefficient (Wildman–Crippen LogP) is 3.51. The van der Waals surface area contributed by atoms with Gasteiger partial charge in [-0.05, 0) is 18.2 Å². The predicted molar refractivity (Wildman–Crippen MR) is 69.2 cm³/mol. The number of hydrogen-bond donors (Lipinski definition) is 1. The maximum absolute atomic E-state index is 9.01. The summed E-state index contributed by atoms with van der Waals surface area (Å²) in [5, 5.41) is 12.4. The van der Waals surface area contributed by atoms with Gasteiger partial charge >= 0.3 is 0 Å². The highest BCUT2D eigenvalue weighted by Gasteiger charge is 2.04. The van der Waals surface area contributed by atoms with Gasteiger partial charge in [0, 0.05) is 10.5 Å². The van der Waals surface area contributed by atoms with E-state index >= 15 is 0 Å². The first-order valence-corrected chi connectivity index (χ1v) is 5.80. The summed E-state index contributed by atoms with van der Waals surface area (Å²) in [7, 11) is 0. The number of nitrogens with zero attached hydrogens (tertiary/aromatic N) is 3. The SMILES string of the molecule is N#Cc1cc(Br)ccc1Nc1cc(Cl)ncn1. The van der Waals surface area contributed by atoms with E-state index in [0.717, 1.165) is 4.47 Å². The van der Waals surface area contributed by atoms with E-state index in [4.69, 9.17) is 16.9 Å². The Hall–Kier alpha value is -1.64. The molecule has 1 aromatic carbocycles. The molecule has 0 saturated heterocycles. The van der Waals surface area contributed by atoms with Gasteiger partial charge < -0.3 is 5.32 Å². The van der Waals surface area contributed by atoms with Crippen LogP contribution in [0.4, 0.5) is 11.5 Å². The molecule has 0 unspecified atom stereocenters. The second-order valence-corrected chi connectivity index (χ2v) is 4.46. The van der Waals surface area contributed by atoms with Gasteiger partial charge in [-0.2, -0.15) is 5.26 Å². The first kappa shape index (κ1) is 11.8. The third-order valence-electron chi connectivity index (χ3n) is 2.00. The zero-order valence-corrected chi connectivity index (χ0v) is 10.8. The molecule has 0 spiro atoms. The van der Waals surface area contributed by atoms with E-state index in [-0.39, 0.29) is 0 Å². The fourth-order valence-electron chi connectivity index (χ4n) is 1.26. The van der Waals surface area contributed by atoms with Crippen LogP contribution in [0.2, 0.25) is 5.15 Å². The molecule has 84 valence electrons. The van der Waals surface area contributed by atoms with Crippen molar-refractivity contribution in [1.29, 1.82) is 5.26 Å². The van der Waals surface area contributed by atoms with Crippen LogP contribution < -0.4 is 5.32 Å². The molecule has 2 aromatic rings. The van der Waals surface area contributed by atoms with Crippen molar-refractivity contribution >= 4 is 39.0 Å². The van der Waals surface area contributed by atoms with Gasteiger partial charge in [0.05, 0.1) is 11.3 Å². The first-order valence-electron chi connectivity index (χ1n) is 4.63. The quantitative estimate of drug-likeness (QED) is 0.862. The minimum Gasteiger partial charge on any atom is -0.339 e. The number of benzene rings is 1. The summed E-state index contributed by atoms with van der Waals surface area (Å²) in [4.78, 5) is 7.78. The molecule has 0 saturated carbocycles. The van der Waals surface area contributed by atoms with Crippen LogP contribution in [-0.2, 0) is 0 Å². The summed E-state index contributed by atoms with van der Waals surface area (Å²) < 4.78 is 0.848. The van der Waals surface area contributed by atoms with E-state index in [1.54, 1.807) is 18.2 Å². The van der Waals surface area contributed by atoms with Crippen LogP contribution in [0.3, 0.4) is 0 Å². The van der Waals surface area contributed by atoms with Gasteiger partial charge in [0.15, 0.2) is 0 Å². The van der Waals surface area contributed by atoms with Gasteiger partial charge in [0.25, 0.3) is 0 Å². The summed E-state index contributed by atoms with van der Waals surface area (Å²) in [5.74, 6) is 0.545. The van der Waals surface area contributed by atoms with Crippen LogP contribution in [0.15, 0.2) is 35.1 Å². The van der Waals surface area contributed by atoms with Crippen molar-refractivity contribution in [3.8, 4) is 6.07 Å². The molecular weight excluding hydrogens is 304 g/mol. The van der Waals surface area contributed by atoms with Gasteiger partial charge in [-0.25, -0.2) is 9.97 Å². The summed E-state index contributed by atoms with van der Waals surface area (Å²) in [6.45, 7) is 0. The molecule has 1 heterocycles. The van der Waals surface area contributed by atoms with Crippen molar-refractivity contribution in [2.75, 3.05) is 5.32 Å². The Balaban J connectivity index is 2.34. The summed E-state index contributed by atoms with van der Waals surface area (Å²) in [5.41, 5.74) is 1.19. The molecule has 0 radical (unpaired) electrons. The van der Waals surface area contributed by atoms with Crippen LogP contribution in [0.25, 0.3) is 0 Å². The van der Waals surface area contributed by atoms with Crippen molar-refractivity contribution in [3.63, 3.8) is 0 Å². The Morgan fingerprint density at radius 1 is 1.29 bits per heavy atom. The van der Waals surface area contributed by atoms with E-state index in [2.05, 4.69) is 37.3 Å². The number of nitriles is 1. The van der Waals surface area contributed by atoms with Gasteiger partial charge in [-0.3, -0.25) is 0 Å². The van der Waals surface area contributed by atoms with Crippen molar-refractivity contribution in [2.45, 2.75) is 0 Å². The van der Waals surface area contributed by atoms with E-state index in [9.17, 15) is 0 Å². The Morgan fingerprint density at radius 2 is 2.12 bits per heavy atom. The lowest BCUT2D eigenvalue weighted by Crippen LogP contribution is -1.96. The number of halogens is 2. The van der Waals surface area contributed by atoms with E-state index in [1.165, 1.54) is 6.33 Å². The second-order valence-electron chi connectivity index (χ2n) is 3.15. The molecule has 0 amide bonds. The first-order chi connectivity index (χ1) is 8.19. The highest BCUT2D eigenvalue weighted by Crippen LogP contribution is 2.23. The lowest BCUT2D eigenvalue weighted by atomic mass is 10.2. The Morgan fingerprint density at radius 3 is 2.82 bits per heavy atom. The molecule has 6 heteroatoms. The number of aromatic nitrogens is 2. The monoisotopic (exact) mass is 308 g/mol. The lowest BCUT2D eigenvalue weighted by Gasteiger charge is -2.07. The van der Waals surface area contributed by atoms with Crippen LogP contribution in [0.1, 0.15) is 5.56 Å².